The molecule has 0 aromatic heterocycles. The molecule has 0 aliphatic rings. The molecule has 1 aromatic carbocycles. The molecule has 0 radical (unpaired) electrons. The normalized spacial score (nSPS) is 9.83. The number of benzene rings is 1. The number of nitrogens with one attached hydrogen (secondary N) is 2. The van der Waals surface area contributed by atoms with Gasteiger partial charge in [0, 0.05) is 24.2 Å². The zero-order valence-electron chi connectivity index (χ0n) is 13.2. The lowest BCUT2D eigenvalue weighted by molar-refractivity contribution is -0.148. The van der Waals surface area contributed by atoms with Crippen LogP contribution in [0.3, 0.4) is 0 Å². The molecular weight excluding hydrogens is 300 g/mol. The molecule has 0 aliphatic heterocycles. The fraction of sp³-hybridized carbons (Fsp3) is 0.375. The summed E-state index contributed by atoms with van der Waals surface area (Å²) in [6.45, 7) is 3.25. The summed E-state index contributed by atoms with van der Waals surface area (Å²) in [7, 11) is 0. The van der Waals surface area contributed by atoms with E-state index in [-0.39, 0.29) is 24.5 Å². The van der Waals surface area contributed by atoms with Gasteiger partial charge in [0.15, 0.2) is 6.61 Å². The maximum Gasteiger partial charge on any atom is 0.306 e. The largest absolute Gasteiger partial charge is 0.456 e. The predicted octanol–water partition coefficient (Wildman–Crippen LogP) is 1.29. The van der Waals surface area contributed by atoms with E-state index in [1.807, 2.05) is 6.92 Å². The first-order valence-corrected chi connectivity index (χ1v) is 7.25. The lowest BCUT2D eigenvalue weighted by Crippen LogP contribution is -2.23. The van der Waals surface area contributed by atoms with Crippen LogP contribution in [0.5, 0.6) is 0 Å². The number of carbonyl (C=O) groups excluding carboxylic acids is 4. The fourth-order valence-electron chi connectivity index (χ4n) is 1.69. The van der Waals surface area contributed by atoms with Gasteiger partial charge in [-0.05, 0) is 32.0 Å². The minimum absolute atomic E-state index is 0.0463. The molecule has 124 valence electrons. The predicted molar refractivity (Wildman–Crippen MR) is 84.0 cm³/mol. The molecule has 0 atom stereocenters. The third kappa shape index (κ3) is 7.21. The number of carbonyl (C=O) groups is 4. The third-order valence-corrected chi connectivity index (χ3v) is 2.79. The van der Waals surface area contributed by atoms with Crippen molar-refractivity contribution in [3.05, 3.63) is 29.8 Å². The van der Waals surface area contributed by atoms with Gasteiger partial charge in [-0.3, -0.25) is 14.4 Å². The number of amides is 2. The Hall–Kier alpha value is -2.70. The summed E-state index contributed by atoms with van der Waals surface area (Å²) in [5.41, 5.74) is 0.849. The zero-order chi connectivity index (χ0) is 17.2. The molecule has 2 N–H and O–H groups in total. The van der Waals surface area contributed by atoms with Crippen LogP contribution in [0.15, 0.2) is 24.3 Å². The van der Waals surface area contributed by atoms with Crippen molar-refractivity contribution >= 4 is 29.3 Å². The first-order valence-electron chi connectivity index (χ1n) is 7.25. The van der Waals surface area contributed by atoms with E-state index in [0.29, 0.717) is 17.8 Å². The molecule has 0 aliphatic carbocycles. The van der Waals surface area contributed by atoms with E-state index in [4.69, 9.17) is 4.74 Å². The SMILES string of the molecule is CCNC(=O)c1cccc(NC(=O)COC(=O)CCC(C)=O)c1. The van der Waals surface area contributed by atoms with E-state index in [9.17, 15) is 19.2 Å². The first-order chi connectivity index (χ1) is 10.9. The lowest BCUT2D eigenvalue weighted by Gasteiger charge is -2.08. The van der Waals surface area contributed by atoms with Gasteiger partial charge in [-0.1, -0.05) is 6.07 Å². The van der Waals surface area contributed by atoms with Crippen molar-refractivity contribution in [3.8, 4) is 0 Å². The van der Waals surface area contributed by atoms with Gasteiger partial charge >= 0.3 is 5.97 Å². The molecule has 7 heteroatoms. The maximum atomic E-state index is 11.7. The van der Waals surface area contributed by atoms with E-state index in [0.717, 1.165) is 0 Å². The highest BCUT2D eigenvalue weighted by atomic mass is 16.5. The van der Waals surface area contributed by atoms with Crippen LogP contribution in [-0.4, -0.2) is 36.7 Å². The lowest BCUT2D eigenvalue weighted by atomic mass is 10.2. The quantitative estimate of drug-likeness (QED) is 0.703. The highest BCUT2D eigenvalue weighted by molar-refractivity contribution is 5.97. The molecule has 2 amide bonds. The number of ketones is 1. The van der Waals surface area contributed by atoms with E-state index in [2.05, 4.69) is 10.6 Å². The second-order valence-electron chi connectivity index (χ2n) is 4.85. The van der Waals surface area contributed by atoms with Gasteiger partial charge < -0.3 is 20.2 Å². The van der Waals surface area contributed by atoms with Crippen LogP contribution >= 0.6 is 0 Å². The van der Waals surface area contributed by atoms with Crippen LogP contribution in [0, 0.1) is 0 Å². The van der Waals surface area contributed by atoms with Crippen molar-refractivity contribution in [2.75, 3.05) is 18.5 Å². The number of esters is 1. The number of rotatable bonds is 8. The summed E-state index contributed by atoms with van der Waals surface area (Å²) in [5, 5.41) is 5.19. The summed E-state index contributed by atoms with van der Waals surface area (Å²) in [6.07, 6.45) is 0.0460. The second kappa shape index (κ2) is 9.34. The van der Waals surface area contributed by atoms with Crippen LogP contribution in [0.1, 0.15) is 37.0 Å². The average molecular weight is 320 g/mol. The topological polar surface area (TPSA) is 102 Å². The van der Waals surface area contributed by atoms with Crippen molar-refractivity contribution in [2.45, 2.75) is 26.7 Å². The van der Waals surface area contributed by atoms with E-state index in [1.54, 1.807) is 18.2 Å². The van der Waals surface area contributed by atoms with Gasteiger partial charge in [0.1, 0.15) is 5.78 Å². The van der Waals surface area contributed by atoms with Crippen LogP contribution in [-0.2, 0) is 19.1 Å². The van der Waals surface area contributed by atoms with E-state index < -0.39 is 18.5 Å². The van der Waals surface area contributed by atoms with Crippen LogP contribution in [0.25, 0.3) is 0 Å². The molecule has 23 heavy (non-hydrogen) atoms. The highest BCUT2D eigenvalue weighted by Gasteiger charge is 2.10. The molecule has 0 saturated carbocycles. The molecule has 0 heterocycles. The summed E-state index contributed by atoms with van der Waals surface area (Å²) in [6, 6.07) is 6.42. The Bertz CT molecular complexity index is 598. The van der Waals surface area contributed by atoms with Gasteiger partial charge in [0.05, 0.1) is 6.42 Å². The Balaban J connectivity index is 2.48. The number of hydrogen-bond acceptors (Lipinski definition) is 5. The van der Waals surface area contributed by atoms with Crippen molar-refractivity contribution in [3.63, 3.8) is 0 Å². The van der Waals surface area contributed by atoms with E-state index >= 15 is 0 Å². The number of anilines is 1. The van der Waals surface area contributed by atoms with Crippen molar-refractivity contribution < 1.29 is 23.9 Å². The standard InChI is InChI=1S/C16H20N2O5/c1-3-17-16(22)12-5-4-6-13(9-12)18-14(20)10-23-15(21)8-7-11(2)19/h4-6,9H,3,7-8,10H2,1-2H3,(H,17,22)(H,18,20). The fourth-order valence-corrected chi connectivity index (χ4v) is 1.69. The molecule has 0 fully saturated rings. The third-order valence-electron chi connectivity index (χ3n) is 2.79. The first kappa shape index (κ1) is 18.3. The average Bonchev–Trinajstić information content (AvgIpc) is 2.51. The number of hydrogen-bond donors (Lipinski definition) is 2. The van der Waals surface area contributed by atoms with Crippen LogP contribution in [0.4, 0.5) is 5.69 Å². The minimum Gasteiger partial charge on any atom is -0.456 e. The minimum atomic E-state index is -0.605. The monoisotopic (exact) mass is 320 g/mol. The Morgan fingerprint density at radius 3 is 2.52 bits per heavy atom. The maximum absolute atomic E-state index is 11.7. The number of ether oxygens (including phenoxy) is 1. The zero-order valence-corrected chi connectivity index (χ0v) is 13.2. The van der Waals surface area contributed by atoms with Crippen molar-refractivity contribution in [1.29, 1.82) is 0 Å². The van der Waals surface area contributed by atoms with Gasteiger partial charge in [-0.2, -0.15) is 0 Å². The summed E-state index contributed by atoms with van der Waals surface area (Å²) in [5.74, 6) is -1.48. The van der Waals surface area contributed by atoms with E-state index in [1.165, 1.54) is 13.0 Å². The Labute approximate surface area is 134 Å². The molecule has 7 nitrogen and oxygen atoms in total. The van der Waals surface area contributed by atoms with Gasteiger partial charge in [0.2, 0.25) is 0 Å². The molecule has 1 rings (SSSR count). The second-order valence-corrected chi connectivity index (χ2v) is 4.85. The van der Waals surface area contributed by atoms with Gasteiger partial charge in [-0.25, -0.2) is 0 Å². The summed E-state index contributed by atoms with van der Waals surface area (Å²) in [4.78, 5) is 45.5. The van der Waals surface area contributed by atoms with Crippen LogP contribution < -0.4 is 10.6 Å². The molecule has 0 saturated heterocycles. The molecule has 1 aromatic rings. The van der Waals surface area contributed by atoms with Gasteiger partial charge in [-0.15, -0.1) is 0 Å². The summed E-state index contributed by atoms with van der Waals surface area (Å²) >= 11 is 0. The van der Waals surface area contributed by atoms with Crippen molar-refractivity contribution in [1.82, 2.24) is 5.32 Å². The Morgan fingerprint density at radius 1 is 1.13 bits per heavy atom. The number of Topliss-reactive ketones (excluding diaryl/α,β-unsaturated/α-hetero) is 1. The molecule has 0 spiro atoms. The Morgan fingerprint density at radius 2 is 1.87 bits per heavy atom. The van der Waals surface area contributed by atoms with Gasteiger partial charge in [0.25, 0.3) is 11.8 Å². The molecule has 0 bridgehead atoms. The summed E-state index contributed by atoms with van der Waals surface area (Å²) < 4.78 is 4.76. The molecular formula is C16H20N2O5. The smallest absolute Gasteiger partial charge is 0.306 e. The van der Waals surface area contributed by atoms with Crippen LogP contribution in [0.2, 0.25) is 0 Å². The highest BCUT2D eigenvalue weighted by Crippen LogP contribution is 2.10. The van der Waals surface area contributed by atoms with Crippen molar-refractivity contribution in [2.24, 2.45) is 0 Å². The Kier molecular flexibility index (Phi) is 7.45. The molecule has 0 unspecified atom stereocenters.